The third-order valence-electron chi connectivity index (χ3n) is 4.53. The fraction of sp³-hybridized carbons (Fsp3) is 0.263. The van der Waals surface area contributed by atoms with E-state index in [0.717, 1.165) is 12.1 Å². The average molecular weight is 375 g/mol. The number of halogens is 3. The van der Waals surface area contributed by atoms with Crippen LogP contribution >= 0.6 is 0 Å². The minimum absolute atomic E-state index is 0.216. The highest BCUT2D eigenvalue weighted by Crippen LogP contribution is 2.33. The van der Waals surface area contributed by atoms with E-state index in [9.17, 15) is 18.0 Å². The van der Waals surface area contributed by atoms with Crippen molar-refractivity contribution in [1.29, 1.82) is 0 Å². The molecule has 1 amide bonds. The molecule has 1 N–H and O–H groups in total. The molecule has 1 aliphatic rings. The molecular formula is C19H16F3N3O2. The number of nitrogens with one attached hydrogen (secondary N) is 1. The molecule has 1 aromatic heterocycles. The summed E-state index contributed by atoms with van der Waals surface area (Å²) in [5.41, 5.74) is 0.671. The van der Waals surface area contributed by atoms with Crippen molar-refractivity contribution >= 4 is 16.9 Å². The lowest BCUT2D eigenvalue weighted by Gasteiger charge is -2.26. The zero-order valence-corrected chi connectivity index (χ0v) is 14.2. The van der Waals surface area contributed by atoms with E-state index < -0.39 is 11.7 Å². The van der Waals surface area contributed by atoms with Gasteiger partial charge in [0.05, 0.1) is 29.2 Å². The van der Waals surface area contributed by atoms with Crippen LogP contribution in [0, 0.1) is 0 Å². The number of carbonyl (C=O) groups excluding carboxylic acids is 1. The fourth-order valence-corrected chi connectivity index (χ4v) is 3.25. The molecule has 0 saturated heterocycles. The van der Waals surface area contributed by atoms with Crippen molar-refractivity contribution in [2.45, 2.75) is 18.8 Å². The first-order valence-corrected chi connectivity index (χ1v) is 8.42. The van der Waals surface area contributed by atoms with Gasteiger partial charge in [0.25, 0.3) is 5.91 Å². The number of alkyl halides is 3. The molecule has 2 heterocycles. The maximum Gasteiger partial charge on any atom is 0.416 e. The molecule has 0 saturated carbocycles. The zero-order chi connectivity index (χ0) is 19.0. The smallest absolute Gasteiger partial charge is 0.371 e. The molecule has 2 aromatic carbocycles. The second-order valence-electron chi connectivity index (χ2n) is 6.34. The zero-order valence-electron chi connectivity index (χ0n) is 14.2. The predicted molar refractivity (Wildman–Crippen MR) is 92.2 cm³/mol. The molecular weight excluding hydrogens is 359 g/mol. The van der Waals surface area contributed by atoms with Gasteiger partial charge in [0, 0.05) is 12.1 Å². The molecule has 1 unspecified atom stereocenters. The summed E-state index contributed by atoms with van der Waals surface area (Å²) < 4.78 is 46.2. The number of benzene rings is 2. The number of fused-ring (bicyclic) bond motifs is 3. The molecule has 4 rings (SSSR count). The van der Waals surface area contributed by atoms with Crippen LogP contribution in [0.5, 0.6) is 0 Å². The van der Waals surface area contributed by atoms with Crippen molar-refractivity contribution in [3.63, 3.8) is 0 Å². The molecule has 8 heteroatoms. The van der Waals surface area contributed by atoms with Gasteiger partial charge in [0.15, 0.2) is 0 Å². The van der Waals surface area contributed by atoms with E-state index in [1.807, 2.05) is 10.6 Å². The first-order chi connectivity index (χ1) is 12.9. The number of hydrogen-bond acceptors (Lipinski definition) is 3. The lowest BCUT2D eigenvalue weighted by atomic mass is 10.1. The Labute approximate surface area is 152 Å². The largest absolute Gasteiger partial charge is 0.416 e. The van der Waals surface area contributed by atoms with Crippen LogP contribution in [-0.2, 0) is 17.5 Å². The van der Waals surface area contributed by atoms with Crippen molar-refractivity contribution in [3.05, 3.63) is 65.5 Å². The summed E-state index contributed by atoms with van der Waals surface area (Å²) in [5.74, 6) is 0.334. The van der Waals surface area contributed by atoms with Crippen LogP contribution in [0.4, 0.5) is 13.2 Å². The summed E-state index contributed by atoms with van der Waals surface area (Å²) in [7, 11) is 0. The molecule has 5 nitrogen and oxygen atoms in total. The standard InChI is InChI=1S/C19H16F3N3O2/c20-19(21,22)13-6-7-16-15(8-13)24-17-11-27-10-14(25(16)17)9-23-18(26)12-4-2-1-3-5-12/h1-8,14H,9-11H2,(H,23,26). The van der Waals surface area contributed by atoms with E-state index in [4.69, 9.17) is 4.74 Å². The third-order valence-corrected chi connectivity index (χ3v) is 4.53. The normalized spacial score (nSPS) is 16.9. The van der Waals surface area contributed by atoms with E-state index in [-0.39, 0.29) is 30.6 Å². The summed E-state index contributed by atoms with van der Waals surface area (Å²) in [6.07, 6.45) is -4.42. The van der Waals surface area contributed by atoms with Gasteiger partial charge in [-0.2, -0.15) is 13.2 Å². The molecule has 1 aliphatic heterocycles. The summed E-state index contributed by atoms with van der Waals surface area (Å²) >= 11 is 0. The van der Waals surface area contributed by atoms with Gasteiger partial charge in [0.1, 0.15) is 12.4 Å². The van der Waals surface area contributed by atoms with E-state index >= 15 is 0 Å². The van der Waals surface area contributed by atoms with E-state index in [1.54, 1.807) is 24.3 Å². The summed E-state index contributed by atoms with van der Waals surface area (Å²) in [4.78, 5) is 16.5. The molecule has 0 radical (unpaired) electrons. The monoisotopic (exact) mass is 375 g/mol. The lowest BCUT2D eigenvalue weighted by Crippen LogP contribution is -2.35. The molecule has 0 spiro atoms. The molecule has 3 aromatic rings. The highest BCUT2D eigenvalue weighted by atomic mass is 19.4. The quantitative estimate of drug-likeness (QED) is 0.762. The van der Waals surface area contributed by atoms with Crippen LogP contribution in [0.2, 0.25) is 0 Å². The molecule has 0 bridgehead atoms. The summed E-state index contributed by atoms with van der Waals surface area (Å²) in [6.45, 7) is 0.848. The Morgan fingerprint density at radius 1 is 1.22 bits per heavy atom. The van der Waals surface area contributed by atoms with Gasteiger partial charge >= 0.3 is 6.18 Å². The number of hydrogen-bond donors (Lipinski definition) is 1. The summed E-state index contributed by atoms with van der Waals surface area (Å²) in [5, 5.41) is 2.85. The summed E-state index contributed by atoms with van der Waals surface area (Å²) in [6, 6.07) is 12.1. The van der Waals surface area contributed by atoms with Gasteiger partial charge in [-0.05, 0) is 30.3 Å². The van der Waals surface area contributed by atoms with E-state index in [2.05, 4.69) is 10.3 Å². The van der Waals surface area contributed by atoms with Crippen molar-refractivity contribution in [2.24, 2.45) is 0 Å². The number of ether oxygens (including phenoxy) is 1. The number of nitrogens with zero attached hydrogens (tertiary/aromatic N) is 2. The second-order valence-corrected chi connectivity index (χ2v) is 6.34. The Morgan fingerprint density at radius 3 is 2.74 bits per heavy atom. The lowest BCUT2D eigenvalue weighted by molar-refractivity contribution is -0.137. The third kappa shape index (κ3) is 3.40. The van der Waals surface area contributed by atoms with Gasteiger partial charge in [-0.1, -0.05) is 18.2 Å². The van der Waals surface area contributed by atoms with Crippen LogP contribution in [0.25, 0.3) is 11.0 Å². The second kappa shape index (κ2) is 6.70. The van der Waals surface area contributed by atoms with Gasteiger partial charge in [-0.15, -0.1) is 0 Å². The minimum Gasteiger partial charge on any atom is -0.371 e. The Morgan fingerprint density at radius 2 is 2.00 bits per heavy atom. The number of imidazole rings is 1. The van der Waals surface area contributed by atoms with Crippen LogP contribution in [0.3, 0.4) is 0 Å². The number of aromatic nitrogens is 2. The first kappa shape index (κ1) is 17.5. The molecule has 0 aliphatic carbocycles. The number of rotatable bonds is 3. The van der Waals surface area contributed by atoms with Gasteiger partial charge < -0.3 is 14.6 Å². The van der Waals surface area contributed by atoms with Crippen molar-refractivity contribution in [2.75, 3.05) is 13.2 Å². The Balaban J connectivity index is 1.60. The van der Waals surface area contributed by atoms with E-state index in [0.29, 0.717) is 23.5 Å². The maximum absolute atomic E-state index is 12.9. The van der Waals surface area contributed by atoms with Crippen molar-refractivity contribution in [1.82, 2.24) is 14.9 Å². The average Bonchev–Trinajstić information content (AvgIpc) is 3.04. The van der Waals surface area contributed by atoms with Crippen LogP contribution < -0.4 is 5.32 Å². The molecule has 1 atom stereocenters. The minimum atomic E-state index is -4.42. The van der Waals surface area contributed by atoms with Crippen molar-refractivity contribution in [3.8, 4) is 0 Å². The molecule has 140 valence electrons. The number of amides is 1. The highest BCUT2D eigenvalue weighted by Gasteiger charge is 2.32. The Hall–Kier alpha value is -2.87. The fourth-order valence-electron chi connectivity index (χ4n) is 3.25. The Kier molecular flexibility index (Phi) is 4.35. The van der Waals surface area contributed by atoms with E-state index in [1.165, 1.54) is 6.07 Å². The van der Waals surface area contributed by atoms with Crippen LogP contribution in [0.15, 0.2) is 48.5 Å². The Bertz CT molecular complexity index is 983. The maximum atomic E-state index is 12.9. The van der Waals surface area contributed by atoms with Crippen LogP contribution in [0.1, 0.15) is 27.8 Å². The predicted octanol–water partition coefficient (Wildman–Crippen LogP) is 3.56. The molecule has 0 fully saturated rings. The van der Waals surface area contributed by atoms with Crippen LogP contribution in [-0.4, -0.2) is 28.6 Å². The van der Waals surface area contributed by atoms with Gasteiger partial charge in [-0.3, -0.25) is 4.79 Å². The molecule has 27 heavy (non-hydrogen) atoms. The van der Waals surface area contributed by atoms with Gasteiger partial charge in [-0.25, -0.2) is 4.98 Å². The van der Waals surface area contributed by atoms with Gasteiger partial charge in [0.2, 0.25) is 0 Å². The SMILES string of the molecule is O=C(NCC1COCc2nc3cc(C(F)(F)F)ccc3n21)c1ccccc1. The first-order valence-electron chi connectivity index (χ1n) is 8.42. The topological polar surface area (TPSA) is 56.1 Å². The number of carbonyl (C=O) groups is 1. The van der Waals surface area contributed by atoms with Crippen molar-refractivity contribution < 1.29 is 22.7 Å². The highest BCUT2D eigenvalue weighted by molar-refractivity contribution is 5.94.